The van der Waals surface area contributed by atoms with E-state index < -0.39 is 0 Å². The summed E-state index contributed by atoms with van der Waals surface area (Å²) in [7, 11) is 3.76. The number of anilines is 1. The molecule has 148 valence electrons. The van der Waals surface area contributed by atoms with Crippen molar-refractivity contribution in [2.45, 2.75) is 19.4 Å². The zero-order chi connectivity index (χ0) is 20.4. The summed E-state index contributed by atoms with van der Waals surface area (Å²) in [4.78, 5) is 21.2. The highest BCUT2D eigenvalue weighted by Gasteiger charge is 2.19. The van der Waals surface area contributed by atoms with Crippen LogP contribution in [0.15, 0.2) is 59.9 Å². The Kier molecular flexibility index (Phi) is 5.09. The average Bonchev–Trinajstić information content (AvgIpc) is 3.08. The van der Waals surface area contributed by atoms with Gasteiger partial charge in [0, 0.05) is 44.5 Å². The van der Waals surface area contributed by atoms with Crippen LogP contribution in [-0.4, -0.2) is 44.9 Å². The Bertz CT molecular complexity index is 1100. The number of nitrogens with one attached hydrogen (secondary N) is 2. The van der Waals surface area contributed by atoms with Gasteiger partial charge >= 0.3 is 0 Å². The minimum Gasteiger partial charge on any atom is -0.386 e. The highest BCUT2D eigenvalue weighted by molar-refractivity contribution is 5.57. The second-order valence-electron chi connectivity index (χ2n) is 7.01. The molecule has 0 aliphatic carbocycles. The van der Waals surface area contributed by atoms with Crippen LogP contribution in [0.1, 0.15) is 18.2 Å². The summed E-state index contributed by atoms with van der Waals surface area (Å²) in [5, 5.41) is 9.49. The van der Waals surface area contributed by atoms with Crippen LogP contribution in [0.3, 0.4) is 0 Å². The average molecular weight is 389 g/mol. The maximum Gasteiger partial charge on any atom is 0.203 e. The molecule has 4 rings (SSSR count). The van der Waals surface area contributed by atoms with Crippen molar-refractivity contribution < 1.29 is 0 Å². The maximum absolute atomic E-state index is 12.4. The number of hydrogen-bond acceptors (Lipinski definition) is 7. The summed E-state index contributed by atoms with van der Waals surface area (Å²) >= 11 is 0. The first-order valence-electron chi connectivity index (χ1n) is 9.42. The second-order valence-corrected chi connectivity index (χ2v) is 7.01. The minimum absolute atomic E-state index is 0.0751. The quantitative estimate of drug-likeness (QED) is 0.690. The molecular formula is C21H23N7O. The van der Waals surface area contributed by atoms with Gasteiger partial charge in [0.25, 0.3) is 0 Å². The molecule has 1 unspecified atom stereocenters. The summed E-state index contributed by atoms with van der Waals surface area (Å²) in [6, 6.07) is 9.57. The van der Waals surface area contributed by atoms with E-state index in [0.717, 1.165) is 22.5 Å². The Hall–Kier alpha value is -3.52. The minimum atomic E-state index is -0.0751. The van der Waals surface area contributed by atoms with Gasteiger partial charge < -0.3 is 10.3 Å². The lowest BCUT2D eigenvalue weighted by molar-refractivity contribution is 0.339. The number of rotatable bonds is 5. The largest absolute Gasteiger partial charge is 0.386 e. The molecule has 1 aliphatic heterocycles. The summed E-state index contributed by atoms with van der Waals surface area (Å²) in [5.74, 6) is 0.642. The van der Waals surface area contributed by atoms with E-state index in [4.69, 9.17) is 0 Å². The molecule has 0 radical (unpaired) electrons. The Morgan fingerprint density at radius 2 is 2.00 bits per heavy atom. The van der Waals surface area contributed by atoms with E-state index in [1.165, 1.54) is 0 Å². The zero-order valence-electron chi connectivity index (χ0n) is 16.6. The molecule has 3 heterocycles. The van der Waals surface area contributed by atoms with E-state index in [0.29, 0.717) is 17.9 Å². The van der Waals surface area contributed by atoms with Crippen LogP contribution < -0.4 is 16.2 Å². The maximum atomic E-state index is 12.4. The molecule has 0 spiro atoms. The van der Waals surface area contributed by atoms with Gasteiger partial charge in [-0.15, -0.1) is 0 Å². The van der Waals surface area contributed by atoms with Gasteiger partial charge in [0.05, 0.1) is 29.8 Å². The molecule has 1 aromatic carbocycles. The highest BCUT2D eigenvalue weighted by Crippen LogP contribution is 2.19. The lowest BCUT2D eigenvalue weighted by Crippen LogP contribution is -2.32. The highest BCUT2D eigenvalue weighted by atomic mass is 16.1. The number of hydrazine groups is 1. The molecule has 8 heteroatoms. The molecule has 0 saturated heterocycles. The van der Waals surface area contributed by atoms with E-state index in [1.54, 1.807) is 29.3 Å². The van der Waals surface area contributed by atoms with Crippen LogP contribution in [0.25, 0.3) is 17.1 Å². The Morgan fingerprint density at radius 3 is 2.69 bits per heavy atom. The second kappa shape index (κ2) is 7.84. The molecule has 0 amide bonds. The monoisotopic (exact) mass is 389 g/mol. The summed E-state index contributed by atoms with van der Waals surface area (Å²) < 4.78 is 1.77. The van der Waals surface area contributed by atoms with Gasteiger partial charge in [-0.1, -0.05) is 18.2 Å². The topological polar surface area (TPSA) is 88.0 Å². The van der Waals surface area contributed by atoms with E-state index in [9.17, 15) is 4.79 Å². The third kappa shape index (κ3) is 4.02. The summed E-state index contributed by atoms with van der Waals surface area (Å²) in [5.41, 5.74) is 7.42. The predicted molar refractivity (Wildman–Crippen MR) is 113 cm³/mol. The van der Waals surface area contributed by atoms with Gasteiger partial charge in [0.1, 0.15) is 5.69 Å². The molecule has 3 aromatic rings. The van der Waals surface area contributed by atoms with Crippen molar-refractivity contribution in [1.29, 1.82) is 0 Å². The smallest absolute Gasteiger partial charge is 0.203 e. The van der Waals surface area contributed by atoms with E-state index in [-0.39, 0.29) is 11.5 Å². The first-order chi connectivity index (χ1) is 14.0. The van der Waals surface area contributed by atoms with Crippen LogP contribution >= 0.6 is 0 Å². The summed E-state index contributed by atoms with van der Waals surface area (Å²) in [6.45, 7) is 2.05. The fourth-order valence-corrected chi connectivity index (χ4v) is 3.31. The third-order valence-electron chi connectivity index (χ3n) is 4.81. The SMILES string of the molecule is CNc1cnc(-c2cccc(Cc3nn(C4=CN(C)NC4C)ccc3=O)c2)nc1. The van der Waals surface area contributed by atoms with Crippen molar-refractivity contribution in [2.24, 2.45) is 0 Å². The molecule has 0 saturated carbocycles. The third-order valence-corrected chi connectivity index (χ3v) is 4.81. The first kappa shape index (κ1) is 18.8. The number of nitrogens with zero attached hydrogens (tertiary/aromatic N) is 5. The van der Waals surface area contributed by atoms with E-state index in [2.05, 4.69) is 32.7 Å². The van der Waals surface area contributed by atoms with Gasteiger partial charge in [-0.05, 0) is 18.6 Å². The van der Waals surface area contributed by atoms with Gasteiger partial charge in [0.15, 0.2) is 5.82 Å². The molecule has 0 fully saturated rings. The van der Waals surface area contributed by atoms with Crippen molar-refractivity contribution in [3.05, 3.63) is 76.6 Å². The number of aromatic nitrogens is 4. The van der Waals surface area contributed by atoms with E-state index >= 15 is 0 Å². The van der Waals surface area contributed by atoms with Crippen molar-refractivity contribution in [3.63, 3.8) is 0 Å². The number of benzene rings is 1. The van der Waals surface area contributed by atoms with Gasteiger partial charge in [-0.25, -0.2) is 20.1 Å². The summed E-state index contributed by atoms with van der Waals surface area (Å²) in [6.07, 6.45) is 7.61. The fraction of sp³-hybridized carbons (Fsp3) is 0.238. The standard InChI is InChI=1S/C21H23N7O/c1-14-19(13-27(3)25-14)28-8-7-20(29)18(26-28)10-15-5-4-6-16(9-15)21-23-11-17(22-2)12-24-21/h4-9,11-14,22,25H,10H2,1-3H3. The van der Waals surface area contributed by atoms with Crippen LogP contribution in [-0.2, 0) is 6.42 Å². The van der Waals surface area contributed by atoms with Gasteiger partial charge in [-0.2, -0.15) is 5.10 Å². The molecule has 0 bridgehead atoms. The number of hydrogen-bond donors (Lipinski definition) is 2. The molecule has 2 aromatic heterocycles. The molecule has 1 aliphatic rings. The van der Waals surface area contributed by atoms with E-state index in [1.807, 2.05) is 49.6 Å². The lowest BCUT2D eigenvalue weighted by atomic mass is 10.1. The molecule has 1 atom stereocenters. The van der Waals surface area contributed by atoms with Crippen LogP contribution in [0.2, 0.25) is 0 Å². The van der Waals surface area contributed by atoms with Crippen LogP contribution in [0, 0.1) is 0 Å². The molecular weight excluding hydrogens is 366 g/mol. The zero-order valence-corrected chi connectivity index (χ0v) is 16.6. The van der Waals surface area contributed by atoms with Crippen molar-refractivity contribution in [2.75, 3.05) is 19.4 Å². The van der Waals surface area contributed by atoms with Crippen molar-refractivity contribution >= 4 is 11.4 Å². The van der Waals surface area contributed by atoms with Crippen LogP contribution in [0.4, 0.5) is 5.69 Å². The van der Waals surface area contributed by atoms with Gasteiger partial charge in [-0.3, -0.25) is 4.79 Å². The lowest BCUT2D eigenvalue weighted by Gasteiger charge is -2.13. The normalized spacial score (nSPS) is 16.0. The fourth-order valence-electron chi connectivity index (χ4n) is 3.31. The Balaban J connectivity index is 1.62. The predicted octanol–water partition coefficient (Wildman–Crippen LogP) is 1.97. The molecule has 8 nitrogen and oxygen atoms in total. The molecule has 29 heavy (non-hydrogen) atoms. The van der Waals surface area contributed by atoms with Crippen molar-refractivity contribution in [3.8, 4) is 11.4 Å². The van der Waals surface area contributed by atoms with Crippen LogP contribution in [0.5, 0.6) is 0 Å². The van der Waals surface area contributed by atoms with Gasteiger partial charge in [0.2, 0.25) is 5.43 Å². The Labute approximate surface area is 168 Å². The Morgan fingerprint density at radius 1 is 1.21 bits per heavy atom. The first-order valence-corrected chi connectivity index (χ1v) is 9.42. The molecule has 2 N–H and O–H groups in total. The van der Waals surface area contributed by atoms with Crippen molar-refractivity contribution in [1.82, 2.24) is 30.2 Å².